The zero-order valence-corrected chi connectivity index (χ0v) is 12.0. The van der Waals surface area contributed by atoms with E-state index in [1.54, 1.807) is 6.07 Å². The smallest absolute Gasteiger partial charge is 0.159 e. The fraction of sp³-hybridized carbons (Fsp3) is 0.294. The van der Waals surface area contributed by atoms with Crippen LogP contribution in [0.4, 0.5) is 8.78 Å². The van der Waals surface area contributed by atoms with Crippen molar-refractivity contribution in [1.82, 2.24) is 0 Å². The second-order valence-corrected chi connectivity index (χ2v) is 4.89. The molecule has 0 heterocycles. The molecule has 0 aliphatic rings. The molecule has 2 aromatic rings. The molecule has 0 fully saturated rings. The third-order valence-corrected chi connectivity index (χ3v) is 3.42. The molecular formula is C17H19F2NO. The van der Waals surface area contributed by atoms with Gasteiger partial charge in [-0.3, -0.25) is 0 Å². The van der Waals surface area contributed by atoms with Gasteiger partial charge < -0.3 is 10.5 Å². The molecule has 0 saturated heterocycles. The third kappa shape index (κ3) is 4.02. The Morgan fingerprint density at radius 3 is 2.33 bits per heavy atom. The molecule has 0 spiro atoms. The van der Waals surface area contributed by atoms with Gasteiger partial charge in [-0.1, -0.05) is 18.2 Å². The molecular weight excluding hydrogens is 272 g/mol. The van der Waals surface area contributed by atoms with Crippen molar-refractivity contribution in [2.45, 2.75) is 19.3 Å². The molecule has 0 bridgehead atoms. The summed E-state index contributed by atoms with van der Waals surface area (Å²) in [5.41, 5.74) is 7.57. The summed E-state index contributed by atoms with van der Waals surface area (Å²) >= 11 is 0. The van der Waals surface area contributed by atoms with E-state index in [0.29, 0.717) is 25.1 Å². The number of hydrogen-bond donors (Lipinski definition) is 1. The molecule has 0 aromatic heterocycles. The van der Waals surface area contributed by atoms with Gasteiger partial charge in [0.2, 0.25) is 0 Å². The van der Waals surface area contributed by atoms with E-state index < -0.39 is 11.6 Å². The highest BCUT2D eigenvalue weighted by molar-refractivity contribution is 5.30. The summed E-state index contributed by atoms with van der Waals surface area (Å²) in [6.07, 6.45) is 0.675. The van der Waals surface area contributed by atoms with Crippen LogP contribution in [-0.2, 0) is 6.42 Å². The highest BCUT2D eigenvalue weighted by Gasteiger charge is 2.13. The lowest BCUT2D eigenvalue weighted by molar-refractivity contribution is 0.340. The lowest BCUT2D eigenvalue weighted by Gasteiger charge is -2.16. The number of hydrogen-bond acceptors (Lipinski definition) is 2. The normalized spacial score (nSPS) is 12.2. The fourth-order valence-electron chi connectivity index (χ4n) is 2.28. The molecule has 0 radical (unpaired) electrons. The van der Waals surface area contributed by atoms with Crippen LogP contribution in [0.15, 0.2) is 42.5 Å². The van der Waals surface area contributed by atoms with E-state index in [9.17, 15) is 8.78 Å². The minimum atomic E-state index is -0.837. The average molecular weight is 291 g/mol. The van der Waals surface area contributed by atoms with Gasteiger partial charge in [-0.15, -0.1) is 0 Å². The van der Waals surface area contributed by atoms with Crippen LogP contribution in [0.1, 0.15) is 24.0 Å². The number of halogens is 2. The first-order chi connectivity index (χ1) is 10.1. The Labute approximate surface area is 123 Å². The van der Waals surface area contributed by atoms with Gasteiger partial charge in [-0.25, -0.2) is 8.78 Å². The number of nitrogens with two attached hydrogens (primary N) is 1. The second-order valence-electron chi connectivity index (χ2n) is 4.89. The van der Waals surface area contributed by atoms with E-state index >= 15 is 0 Å². The molecule has 0 amide bonds. The largest absolute Gasteiger partial charge is 0.494 e. The molecule has 4 heteroatoms. The Hall–Kier alpha value is -1.94. The van der Waals surface area contributed by atoms with Crippen molar-refractivity contribution in [3.63, 3.8) is 0 Å². The minimum Gasteiger partial charge on any atom is -0.494 e. The van der Waals surface area contributed by atoms with Gasteiger partial charge in [0.05, 0.1) is 6.61 Å². The first-order valence-corrected chi connectivity index (χ1v) is 7.00. The number of ether oxygens (including phenoxy) is 1. The lowest BCUT2D eigenvalue weighted by Crippen LogP contribution is -2.15. The Balaban J connectivity index is 2.12. The topological polar surface area (TPSA) is 35.2 Å². The van der Waals surface area contributed by atoms with Gasteiger partial charge in [0.15, 0.2) is 11.6 Å². The van der Waals surface area contributed by atoms with E-state index in [-0.39, 0.29) is 5.92 Å². The predicted molar refractivity (Wildman–Crippen MR) is 79.5 cm³/mol. The molecule has 0 saturated carbocycles. The van der Waals surface area contributed by atoms with Crippen LogP contribution >= 0.6 is 0 Å². The van der Waals surface area contributed by atoms with Crippen LogP contribution in [0, 0.1) is 11.6 Å². The van der Waals surface area contributed by atoms with E-state index in [1.807, 2.05) is 31.2 Å². The van der Waals surface area contributed by atoms with Gasteiger partial charge in [0.25, 0.3) is 0 Å². The Morgan fingerprint density at radius 1 is 1.05 bits per heavy atom. The highest BCUT2D eigenvalue weighted by Crippen LogP contribution is 2.23. The molecule has 0 aliphatic carbocycles. The van der Waals surface area contributed by atoms with Crippen LogP contribution in [0.2, 0.25) is 0 Å². The van der Waals surface area contributed by atoms with Crippen molar-refractivity contribution in [2.24, 2.45) is 5.73 Å². The Kier molecular flexibility index (Phi) is 5.28. The molecule has 112 valence electrons. The van der Waals surface area contributed by atoms with Gasteiger partial charge in [-0.2, -0.15) is 0 Å². The number of benzene rings is 2. The molecule has 0 aliphatic heterocycles. The van der Waals surface area contributed by atoms with E-state index in [2.05, 4.69) is 0 Å². The van der Waals surface area contributed by atoms with Gasteiger partial charge >= 0.3 is 0 Å². The predicted octanol–water partition coefficient (Wildman–Crippen LogP) is 3.65. The summed E-state index contributed by atoms with van der Waals surface area (Å²) in [4.78, 5) is 0. The van der Waals surface area contributed by atoms with Gasteiger partial charge in [0, 0.05) is 5.92 Å². The van der Waals surface area contributed by atoms with Gasteiger partial charge in [0.1, 0.15) is 5.75 Å². The summed E-state index contributed by atoms with van der Waals surface area (Å²) in [6.45, 7) is 2.93. The van der Waals surface area contributed by atoms with Crippen molar-refractivity contribution >= 4 is 0 Å². The fourth-order valence-corrected chi connectivity index (χ4v) is 2.28. The molecule has 2 aromatic carbocycles. The maximum absolute atomic E-state index is 13.3. The standard InChI is InChI=1S/C17H19F2NO/c1-2-21-15-6-3-12(4-7-15)9-14(11-20)13-5-8-16(18)17(19)10-13/h3-8,10,14H,2,9,11,20H2,1H3. The van der Waals surface area contributed by atoms with Crippen molar-refractivity contribution in [3.05, 3.63) is 65.2 Å². The summed E-state index contributed by atoms with van der Waals surface area (Å²) in [5, 5.41) is 0. The van der Waals surface area contributed by atoms with Crippen molar-refractivity contribution in [1.29, 1.82) is 0 Å². The maximum Gasteiger partial charge on any atom is 0.159 e. The van der Waals surface area contributed by atoms with Crippen LogP contribution in [-0.4, -0.2) is 13.2 Å². The van der Waals surface area contributed by atoms with Crippen molar-refractivity contribution in [3.8, 4) is 5.75 Å². The third-order valence-electron chi connectivity index (χ3n) is 3.42. The first kappa shape index (κ1) is 15.4. The molecule has 2 N–H and O–H groups in total. The van der Waals surface area contributed by atoms with Gasteiger partial charge in [-0.05, 0) is 55.3 Å². The zero-order chi connectivity index (χ0) is 15.2. The number of rotatable bonds is 6. The van der Waals surface area contributed by atoms with E-state index in [0.717, 1.165) is 17.4 Å². The quantitative estimate of drug-likeness (QED) is 0.881. The highest BCUT2D eigenvalue weighted by atomic mass is 19.2. The van der Waals surface area contributed by atoms with Crippen LogP contribution in [0.5, 0.6) is 5.75 Å². The SMILES string of the molecule is CCOc1ccc(CC(CN)c2ccc(F)c(F)c2)cc1. The van der Waals surface area contributed by atoms with Crippen LogP contribution < -0.4 is 10.5 Å². The van der Waals surface area contributed by atoms with Crippen molar-refractivity contribution in [2.75, 3.05) is 13.2 Å². The maximum atomic E-state index is 13.3. The van der Waals surface area contributed by atoms with Crippen LogP contribution in [0.3, 0.4) is 0 Å². The molecule has 2 nitrogen and oxygen atoms in total. The summed E-state index contributed by atoms with van der Waals surface area (Å²) in [6, 6.07) is 11.7. The zero-order valence-electron chi connectivity index (χ0n) is 12.0. The summed E-state index contributed by atoms with van der Waals surface area (Å²) in [5.74, 6) is -0.898. The molecule has 1 unspecified atom stereocenters. The Morgan fingerprint density at radius 2 is 1.76 bits per heavy atom. The monoisotopic (exact) mass is 291 g/mol. The second kappa shape index (κ2) is 7.18. The molecule has 2 rings (SSSR count). The lowest BCUT2D eigenvalue weighted by atomic mass is 9.92. The molecule has 21 heavy (non-hydrogen) atoms. The minimum absolute atomic E-state index is 0.0435. The van der Waals surface area contributed by atoms with Crippen LogP contribution in [0.25, 0.3) is 0 Å². The average Bonchev–Trinajstić information content (AvgIpc) is 2.50. The van der Waals surface area contributed by atoms with E-state index in [1.165, 1.54) is 6.07 Å². The summed E-state index contributed by atoms with van der Waals surface area (Å²) < 4.78 is 31.7. The summed E-state index contributed by atoms with van der Waals surface area (Å²) in [7, 11) is 0. The van der Waals surface area contributed by atoms with Crippen molar-refractivity contribution < 1.29 is 13.5 Å². The Bertz CT molecular complexity index is 584. The van der Waals surface area contributed by atoms with E-state index in [4.69, 9.17) is 10.5 Å². The first-order valence-electron chi connectivity index (χ1n) is 7.00. The molecule has 1 atom stereocenters.